The molecular weight excluding hydrogens is 248 g/mol. The normalized spacial score (nSPS) is 27.1. The van der Waals surface area contributed by atoms with Crippen molar-refractivity contribution in [2.75, 3.05) is 34.2 Å². The van der Waals surface area contributed by atoms with Crippen LogP contribution in [0.2, 0.25) is 0 Å². The number of likely N-dealkylation sites (tertiary alicyclic amines) is 2. The minimum absolute atomic E-state index is 0.0303. The lowest BCUT2D eigenvalue weighted by Crippen LogP contribution is -2.50. The number of carbonyl (C=O) groups is 3. The number of hydrogen-bond acceptors (Lipinski definition) is 3. The average Bonchev–Trinajstić information content (AvgIpc) is 2.83. The first-order valence-corrected chi connectivity index (χ1v) is 6.42. The molecule has 0 radical (unpaired) electrons. The third-order valence-corrected chi connectivity index (χ3v) is 3.86. The van der Waals surface area contributed by atoms with E-state index in [1.54, 1.807) is 30.9 Å². The third kappa shape index (κ3) is 2.64. The summed E-state index contributed by atoms with van der Waals surface area (Å²) < 4.78 is 0. The number of carbonyl (C=O) groups excluding carboxylic acids is 3. The van der Waals surface area contributed by atoms with Gasteiger partial charge in [0.05, 0.1) is 6.04 Å². The first-order chi connectivity index (χ1) is 8.90. The van der Waals surface area contributed by atoms with Gasteiger partial charge in [0.2, 0.25) is 11.8 Å². The summed E-state index contributed by atoms with van der Waals surface area (Å²) in [5.41, 5.74) is 0. The zero-order valence-electron chi connectivity index (χ0n) is 11.5. The maximum atomic E-state index is 12.1. The summed E-state index contributed by atoms with van der Waals surface area (Å²) in [5, 5.41) is 2.81. The van der Waals surface area contributed by atoms with Gasteiger partial charge in [-0.2, -0.15) is 0 Å². The molecule has 0 aromatic rings. The molecule has 2 fully saturated rings. The molecule has 2 unspecified atom stereocenters. The fourth-order valence-corrected chi connectivity index (χ4v) is 2.54. The Balaban J connectivity index is 1.90. The first kappa shape index (κ1) is 13.6. The molecule has 7 nitrogen and oxygen atoms in total. The van der Waals surface area contributed by atoms with Gasteiger partial charge in [-0.15, -0.1) is 0 Å². The summed E-state index contributed by atoms with van der Waals surface area (Å²) in [4.78, 5) is 39.9. The molecule has 106 valence electrons. The second kappa shape index (κ2) is 5.07. The zero-order chi connectivity index (χ0) is 14.2. The van der Waals surface area contributed by atoms with Crippen molar-refractivity contribution in [2.45, 2.75) is 24.9 Å². The third-order valence-electron chi connectivity index (χ3n) is 3.86. The number of rotatable bonds is 2. The highest BCUT2D eigenvalue weighted by atomic mass is 16.2. The quantitative estimate of drug-likeness (QED) is 0.704. The van der Waals surface area contributed by atoms with E-state index in [-0.39, 0.29) is 29.9 Å². The molecule has 0 aromatic carbocycles. The van der Waals surface area contributed by atoms with Crippen molar-refractivity contribution in [3.8, 4) is 0 Å². The topological polar surface area (TPSA) is 73.0 Å². The monoisotopic (exact) mass is 268 g/mol. The van der Waals surface area contributed by atoms with E-state index in [1.807, 2.05) is 0 Å². The minimum atomic E-state index is -0.389. The van der Waals surface area contributed by atoms with Crippen molar-refractivity contribution in [3.63, 3.8) is 0 Å². The van der Waals surface area contributed by atoms with Crippen molar-refractivity contribution in [2.24, 2.45) is 0 Å². The van der Waals surface area contributed by atoms with Crippen molar-refractivity contribution in [1.82, 2.24) is 20.0 Å². The second-order valence-electron chi connectivity index (χ2n) is 5.30. The lowest BCUT2D eigenvalue weighted by molar-refractivity contribution is -0.130. The Morgan fingerprint density at radius 1 is 1.32 bits per heavy atom. The molecule has 0 spiro atoms. The molecule has 2 heterocycles. The van der Waals surface area contributed by atoms with Crippen LogP contribution in [0.15, 0.2) is 0 Å². The van der Waals surface area contributed by atoms with Gasteiger partial charge in [0.25, 0.3) is 0 Å². The highest BCUT2D eigenvalue weighted by Crippen LogP contribution is 2.15. The predicted molar refractivity (Wildman–Crippen MR) is 68.4 cm³/mol. The molecular formula is C12H20N4O3. The second-order valence-corrected chi connectivity index (χ2v) is 5.30. The van der Waals surface area contributed by atoms with Gasteiger partial charge in [0.1, 0.15) is 6.04 Å². The fraction of sp³-hybridized carbons (Fsp3) is 0.750. The summed E-state index contributed by atoms with van der Waals surface area (Å²) in [6.07, 6.45) is 0.983. The molecule has 0 saturated carbocycles. The van der Waals surface area contributed by atoms with E-state index in [2.05, 4.69) is 5.32 Å². The van der Waals surface area contributed by atoms with Crippen LogP contribution in [0.25, 0.3) is 0 Å². The lowest BCUT2D eigenvalue weighted by atomic mass is 10.2. The average molecular weight is 268 g/mol. The maximum Gasteiger partial charge on any atom is 0.318 e. The molecule has 2 saturated heterocycles. The van der Waals surface area contributed by atoms with E-state index in [0.29, 0.717) is 25.9 Å². The summed E-state index contributed by atoms with van der Waals surface area (Å²) >= 11 is 0. The molecule has 0 bridgehead atoms. The van der Waals surface area contributed by atoms with Gasteiger partial charge >= 0.3 is 6.03 Å². The van der Waals surface area contributed by atoms with Crippen LogP contribution < -0.4 is 5.32 Å². The largest absolute Gasteiger partial charge is 0.344 e. The van der Waals surface area contributed by atoms with Gasteiger partial charge in [0, 0.05) is 40.7 Å². The molecule has 2 aliphatic heterocycles. The highest BCUT2D eigenvalue weighted by Gasteiger charge is 2.36. The summed E-state index contributed by atoms with van der Waals surface area (Å²) in [6, 6.07) is -0.844. The van der Waals surface area contributed by atoms with Crippen molar-refractivity contribution in [3.05, 3.63) is 0 Å². The Kier molecular flexibility index (Phi) is 3.64. The lowest BCUT2D eigenvalue weighted by Gasteiger charge is -2.25. The Bertz CT molecular complexity index is 412. The number of nitrogens with zero attached hydrogens (tertiary/aromatic N) is 3. The number of urea groups is 1. The molecule has 2 rings (SSSR count). The van der Waals surface area contributed by atoms with Gasteiger partial charge in [-0.05, 0) is 6.42 Å². The van der Waals surface area contributed by atoms with Crippen LogP contribution in [0.4, 0.5) is 4.79 Å². The molecule has 2 aliphatic rings. The van der Waals surface area contributed by atoms with Crippen molar-refractivity contribution in [1.29, 1.82) is 0 Å². The zero-order valence-corrected chi connectivity index (χ0v) is 11.5. The van der Waals surface area contributed by atoms with Crippen LogP contribution >= 0.6 is 0 Å². The maximum absolute atomic E-state index is 12.1. The molecule has 0 aromatic heterocycles. The fourth-order valence-electron chi connectivity index (χ4n) is 2.54. The standard InChI is InChI=1S/C12H20N4O3/c1-14-5-4-9(11(14)18)16(3)12(19)13-8-6-10(17)15(2)7-8/h8-9H,4-7H2,1-3H3,(H,13,19). The van der Waals surface area contributed by atoms with E-state index in [1.165, 1.54) is 4.90 Å². The highest BCUT2D eigenvalue weighted by molar-refractivity contribution is 5.89. The Morgan fingerprint density at radius 2 is 2.00 bits per heavy atom. The predicted octanol–water partition coefficient (Wildman–Crippen LogP) is -0.911. The smallest absolute Gasteiger partial charge is 0.318 e. The van der Waals surface area contributed by atoms with Gasteiger partial charge in [0.15, 0.2) is 0 Å². The number of hydrogen-bond donors (Lipinski definition) is 1. The van der Waals surface area contributed by atoms with Crippen LogP contribution in [-0.4, -0.2) is 78.9 Å². The van der Waals surface area contributed by atoms with Crippen LogP contribution in [0, 0.1) is 0 Å². The van der Waals surface area contributed by atoms with Crippen LogP contribution in [0.1, 0.15) is 12.8 Å². The number of nitrogens with one attached hydrogen (secondary N) is 1. The van der Waals surface area contributed by atoms with Crippen LogP contribution in [0.5, 0.6) is 0 Å². The Morgan fingerprint density at radius 3 is 2.47 bits per heavy atom. The first-order valence-electron chi connectivity index (χ1n) is 6.42. The molecule has 4 amide bonds. The summed E-state index contributed by atoms with van der Waals surface area (Å²) in [7, 11) is 5.07. The molecule has 2 atom stereocenters. The SMILES string of the molecule is CN1CC(NC(=O)N(C)C2CCN(C)C2=O)CC1=O. The molecule has 7 heteroatoms. The minimum Gasteiger partial charge on any atom is -0.344 e. The molecule has 1 N–H and O–H groups in total. The summed E-state index contributed by atoms with van der Waals surface area (Å²) in [5.74, 6) is 0.00176. The molecule has 0 aliphatic carbocycles. The Labute approximate surface area is 112 Å². The van der Waals surface area contributed by atoms with E-state index >= 15 is 0 Å². The Hall–Kier alpha value is -1.79. The van der Waals surface area contributed by atoms with Gasteiger partial charge in [-0.1, -0.05) is 0 Å². The van der Waals surface area contributed by atoms with E-state index in [0.717, 1.165) is 0 Å². The van der Waals surface area contributed by atoms with E-state index < -0.39 is 0 Å². The van der Waals surface area contributed by atoms with Gasteiger partial charge in [-0.3, -0.25) is 9.59 Å². The van der Waals surface area contributed by atoms with E-state index in [9.17, 15) is 14.4 Å². The molecule has 19 heavy (non-hydrogen) atoms. The summed E-state index contributed by atoms with van der Waals surface area (Å²) in [6.45, 7) is 1.20. The number of amides is 4. The van der Waals surface area contributed by atoms with Crippen molar-refractivity contribution < 1.29 is 14.4 Å². The van der Waals surface area contributed by atoms with Gasteiger partial charge in [-0.25, -0.2) is 4.79 Å². The van der Waals surface area contributed by atoms with E-state index in [4.69, 9.17) is 0 Å². The van der Waals surface area contributed by atoms with Gasteiger partial charge < -0.3 is 20.0 Å². The van der Waals surface area contributed by atoms with Crippen LogP contribution in [0.3, 0.4) is 0 Å². The van der Waals surface area contributed by atoms with Crippen molar-refractivity contribution >= 4 is 17.8 Å². The van der Waals surface area contributed by atoms with Crippen LogP contribution in [-0.2, 0) is 9.59 Å². The number of likely N-dealkylation sites (N-methyl/N-ethyl adjacent to an activating group) is 3.